The lowest BCUT2D eigenvalue weighted by molar-refractivity contribution is 0.0944. The Hall–Kier alpha value is -0.610. The Labute approximate surface area is 119 Å². The maximum atomic E-state index is 13.5. The molecule has 1 amide bonds. The highest BCUT2D eigenvalue weighted by molar-refractivity contribution is 9.09. The Morgan fingerprint density at radius 2 is 2.28 bits per heavy atom. The third-order valence-corrected chi connectivity index (χ3v) is 4.80. The highest BCUT2D eigenvalue weighted by Gasteiger charge is 2.25. The van der Waals surface area contributed by atoms with Crippen LogP contribution in [0.25, 0.3) is 0 Å². The molecule has 0 bridgehead atoms. The van der Waals surface area contributed by atoms with Crippen molar-refractivity contribution < 1.29 is 9.18 Å². The zero-order valence-corrected chi connectivity index (χ0v) is 12.1. The van der Waals surface area contributed by atoms with Crippen LogP contribution in [-0.2, 0) is 0 Å². The minimum atomic E-state index is -0.582. The lowest BCUT2D eigenvalue weighted by Crippen LogP contribution is -2.31. The fourth-order valence-electron chi connectivity index (χ4n) is 2.25. The fourth-order valence-corrected chi connectivity index (χ4v) is 3.27. The molecule has 0 aromatic heterocycles. The van der Waals surface area contributed by atoms with Crippen molar-refractivity contribution in [2.45, 2.75) is 24.1 Å². The minimum Gasteiger partial charge on any atom is -0.352 e. The quantitative estimate of drug-likeness (QED) is 0.838. The van der Waals surface area contributed by atoms with Gasteiger partial charge in [0.05, 0.1) is 10.6 Å². The number of carbonyl (C=O) groups excluding carboxylic acids is 1. The molecule has 98 valence electrons. The average molecular weight is 335 g/mol. The van der Waals surface area contributed by atoms with Gasteiger partial charge in [0.25, 0.3) is 5.91 Å². The van der Waals surface area contributed by atoms with Crippen LogP contribution in [0.3, 0.4) is 0 Å². The molecule has 0 aliphatic heterocycles. The maximum Gasteiger partial charge on any atom is 0.255 e. The van der Waals surface area contributed by atoms with Crippen LogP contribution in [-0.4, -0.2) is 17.3 Å². The molecule has 2 rings (SSSR count). The van der Waals surface area contributed by atoms with Crippen LogP contribution in [0.4, 0.5) is 4.39 Å². The van der Waals surface area contributed by atoms with Crippen LogP contribution < -0.4 is 5.32 Å². The van der Waals surface area contributed by atoms with E-state index in [1.54, 1.807) is 0 Å². The van der Waals surface area contributed by atoms with E-state index >= 15 is 0 Å². The number of nitrogens with one attached hydrogen (secondary N) is 1. The van der Waals surface area contributed by atoms with Crippen molar-refractivity contribution in [1.82, 2.24) is 5.32 Å². The number of benzene rings is 1. The number of hydrogen-bond donors (Lipinski definition) is 1. The second-order valence-corrected chi connectivity index (χ2v) is 6.10. The third kappa shape index (κ3) is 3.04. The van der Waals surface area contributed by atoms with Gasteiger partial charge in [0, 0.05) is 11.4 Å². The largest absolute Gasteiger partial charge is 0.352 e. The predicted molar refractivity (Wildman–Crippen MR) is 73.8 cm³/mol. The zero-order valence-electron chi connectivity index (χ0n) is 9.76. The lowest BCUT2D eigenvalue weighted by atomic mass is 10.1. The number of amides is 1. The van der Waals surface area contributed by atoms with E-state index in [4.69, 9.17) is 11.6 Å². The highest BCUT2D eigenvalue weighted by atomic mass is 79.9. The molecule has 1 fully saturated rings. The number of carbonyl (C=O) groups is 1. The average Bonchev–Trinajstić information content (AvgIpc) is 2.72. The minimum absolute atomic E-state index is 0.0664. The molecule has 1 saturated carbocycles. The van der Waals surface area contributed by atoms with Gasteiger partial charge in [-0.2, -0.15) is 0 Å². The summed E-state index contributed by atoms with van der Waals surface area (Å²) in [6.07, 6.45) is 3.37. The predicted octanol–water partition coefficient (Wildman–Crippen LogP) is 3.77. The molecule has 5 heteroatoms. The van der Waals surface area contributed by atoms with Crippen molar-refractivity contribution in [2.75, 3.05) is 6.54 Å². The van der Waals surface area contributed by atoms with E-state index in [1.807, 2.05) is 0 Å². The molecule has 1 aliphatic rings. The normalized spacial score (nSPS) is 23.1. The molecule has 2 nitrogen and oxygen atoms in total. The van der Waals surface area contributed by atoms with Gasteiger partial charge >= 0.3 is 0 Å². The summed E-state index contributed by atoms with van der Waals surface area (Å²) in [7, 11) is 0. The van der Waals surface area contributed by atoms with Gasteiger partial charge in [0.1, 0.15) is 5.82 Å². The summed E-state index contributed by atoms with van der Waals surface area (Å²) in [6, 6.07) is 4.24. The first-order valence-electron chi connectivity index (χ1n) is 5.96. The van der Waals surface area contributed by atoms with Crippen molar-refractivity contribution in [3.05, 3.63) is 34.6 Å². The summed E-state index contributed by atoms with van der Waals surface area (Å²) in [5, 5.41) is 2.91. The molecule has 18 heavy (non-hydrogen) atoms. The summed E-state index contributed by atoms with van der Waals surface area (Å²) in [5.74, 6) is -0.606. The molecule has 0 spiro atoms. The van der Waals surface area contributed by atoms with Crippen molar-refractivity contribution in [1.29, 1.82) is 0 Å². The Bertz CT molecular complexity index is 434. The molecule has 2 unspecified atom stereocenters. The van der Waals surface area contributed by atoms with E-state index in [0.717, 1.165) is 19.3 Å². The molecule has 1 N–H and O–H groups in total. The van der Waals surface area contributed by atoms with Gasteiger partial charge < -0.3 is 5.32 Å². The van der Waals surface area contributed by atoms with E-state index in [2.05, 4.69) is 21.2 Å². The van der Waals surface area contributed by atoms with E-state index in [1.165, 1.54) is 18.2 Å². The Morgan fingerprint density at radius 3 is 2.89 bits per heavy atom. The van der Waals surface area contributed by atoms with Crippen LogP contribution >= 0.6 is 27.5 Å². The summed E-state index contributed by atoms with van der Waals surface area (Å²) >= 11 is 9.43. The first kappa shape index (κ1) is 13.8. The van der Waals surface area contributed by atoms with Crippen molar-refractivity contribution >= 4 is 33.4 Å². The zero-order chi connectivity index (χ0) is 13.1. The topological polar surface area (TPSA) is 29.1 Å². The molecule has 1 aromatic rings. The molecule has 0 radical (unpaired) electrons. The number of hydrogen-bond acceptors (Lipinski definition) is 1. The Balaban J connectivity index is 1.99. The van der Waals surface area contributed by atoms with Gasteiger partial charge in [-0.15, -0.1) is 0 Å². The van der Waals surface area contributed by atoms with E-state index in [9.17, 15) is 9.18 Å². The summed E-state index contributed by atoms with van der Waals surface area (Å²) in [4.78, 5) is 12.3. The van der Waals surface area contributed by atoms with E-state index in [0.29, 0.717) is 17.3 Å². The van der Waals surface area contributed by atoms with Crippen molar-refractivity contribution in [3.63, 3.8) is 0 Å². The monoisotopic (exact) mass is 333 g/mol. The summed E-state index contributed by atoms with van der Waals surface area (Å²) < 4.78 is 13.5. The highest BCUT2D eigenvalue weighted by Crippen LogP contribution is 2.31. The van der Waals surface area contributed by atoms with E-state index < -0.39 is 11.7 Å². The number of halogens is 3. The van der Waals surface area contributed by atoms with Gasteiger partial charge in [0.2, 0.25) is 0 Å². The maximum absolute atomic E-state index is 13.5. The molecule has 1 aromatic carbocycles. The molecule has 1 aliphatic carbocycles. The van der Waals surface area contributed by atoms with Crippen molar-refractivity contribution in [3.8, 4) is 0 Å². The van der Waals surface area contributed by atoms with Crippen LogP contribution in [0.1, 0.15) is 29.6 Å². The Morgan fingerprint density at radius 1 is 1.50 bits per heavy atom. The first-order valence-corrected chi connectivity index (χ1v) is 7.25. The molecular formula is C13H14BrClFNO. The van der Waals surface area contributed by atoms with Crippen LogP contribution in [0.2, 0.25) is 5.02 Å². The van der Waals surface area contributed by atoms with Crippen LogP contribution in [0, 0.1) is 11.7 Å². The molecule has 2 atom stereocenters. The van der Waals surface area contributed by atoms with Gasteiger partial charge in [0.15, 0.2) is 0 Å². The summed E-state index contributed by atoms with van der Waals surface area (Å²) in [6.45, 7) is 0.555. The van der Waals surface area contributed by atoms with E-state index in [-0.39, 0.29) is 10.6 Å². The SMILES string of the molecule is O=C(NCC1CCCC1Br)c1c(F)cccc1Cl. The first-order chi connectivity index (χ1) is 8.59. The van der Waals surface area contributed by atoms with Crippen LogP contribution in [0.15, 0.2) is 18.2 Å². The standard InChI is InChI=1S/C13H14BrClFNO/c14-9-4-1-3-8(9)7-17-13(18)12-10(15)5-2-6-11(12)16/h2,5-6,8-9H,1,3-4,7H2,(H,17,18). The second kappa shape index (κ2) is 6.02. The van der Waals surface area contributed by atoms with Gasteiger partial charge in [-0.05, 0) is 30.9 Å². The van der Waals surface area contributed by atoms with Crippen LogP contribution in [0.5, 0.6) is 0 Å². The molecule has 0 saturated heterocycles. The molecule has 0 heterocycles. The van der Waals surface area contributed by atoms with Gasteiger partial charge in [-0.25, -0.2) is 4.39 Å². The summed E-state index contributed by atoms with van der Waals surface area (Å²) in [5.41, 5.74) is -0.0664. The smallest absolute Gasteiger partial charge is 0.255 e. The fraction of sp³-hybridized carbons (Fsp3) is 0.462. The number of alkyl halides is 1. The van der Waals surface area contributed by atoms with Gasteiger partial charge in [-0.3, -0.25) is 4.79 Å². The second-order valence-electron chi connectivity index (χ2n) is 4.51. The van der Waals surface area contributed by atoms with Gasteiger partial charge in [-0.1, -0.05) is 40.0 Å². The van der Waals surface area contributed by atoms with Crippen molar-refractivity contribution in [2.24, 2.45) is 5.92 Å². The number of rotatable bonds is 3. The molecular weight excluding hydrogens is 321 g/mol. The third-order valence-electron chi connectivity index (χ3n) is 3.28. The lowest BCUT2D eigenvalue weighted by Gasteiger charge is -2.15. The Kier molecular flexibility index (Phi) is 4.62.